The van der Waals surface area contributed by atoms with Crippen molar-refractivity contribution in [1.82, 2.24) is 4.90 Å². The Balaban J connectivity index is 1.53. The van der Waals surface area contributed by atoms with Crippen molar-refractivity contribution in [3.8, 4) is 0 Å². The summed E-state index contributed by atoms with van der Waals surface area (Å²) in [5, 5.41) is 3.25. The summed E-state index contributed by atoms with van der Waals surface area (Å²) in [6.07, 6.45) is -0.0128. The molecule has 190 valence electrons. The molecular formula is C28H26ClN3O4S. The number of esters is 1. The van der Waals surface area contributed by atoms with Gasteiger partial charge in [-0.25, -0.2) is 9.79 Å². The molecule has 1 heterocycles. The van der Waals surface area contributed by atoms with Gasteiger partial charge in [0.05, 0.1) is 24.4 Å². The molecule has 7 nitrogen and oxygen atoms in total. The van der Waals surface area contributed by atoms with E-state index in [-0.39, 0.29) is 18.2 Å². The second-order valence-corrected chi connectivity index (χ2v) is 9.97. The molecule has 0 bridgehead atoms. The highest BCUT2D eigenvalue weighted by atomic mass is 35.5. The van der Waals surface area contributed by atoms with E-state index >= 15 is 0 Å². The normalized spacial score (nSPS) is 16.2. The second-order valence-electron chi connectivity index (χ2n) is 8.39. The summed E-state index contributed by atoms with van der Waals surface area (Å²) in [7, 11) is 0. The minimum atomic E-state index is -0.623. The Kier molecular flexibility index (Phi) is 8.63. The zero-order valence-corrected chi connectivity index (χ0v) is 22.0. The fourth-order valence-electron chi connectivity index (χ4n) is 3.68. The standard InChI is InChI=1S/C28H26ClN3O4S/c1-3-36-27(35)20-10-13-21(14-11-20)31-28-32(17-19-7-5-4-6-8-19)26(34)24(37-28)16-25(33)30-22-12-9-18(2)23(29)15-22/h4-15,24H,3,16-17H2,1-2H3,(H,30,33). The first-order valence-corrected chi connectivity index (χ1v) is 13.0. The number of rotatable bonds is 8. The van der Waals surface area contributed by atoms with Crippen molar-refractivity contribution in [2.45, 2.75) is 32.1 Å². The maximum atomic E-state index is 13.4. The highest BCUT2D eigenvalue weighted by molar-refractivity contribution is 8.15. The summed E-state index contributed by atoms with van der Waals surface area (Å²) in [6, 6.07) is 21.6. The molecule has 1 N–H and O–H groups in total. The molecule has 4 rings (SSSR count). The average Bonchev–Trinajstić information content (AvgIpc) is 3.16. The van der Waals surface area contributed by atoms with Gasteiger partial charge in [-0.1, -0.05) is 59.8 Å². The monoisotopic (exact) mass is 535 g/mol. The van der Waals surface area contributed by atoms with Gasteiger partial charge in [-0.3, -0.25) is 14.5 Å². The van der Waals surface area contributed by atoms with E-state index in [9.17, 15) is 14.4 Å². The number of carbonyl (C=O) groups excluding carboxylic acids is 3. The van der Waals surface area contributed by atoms with Gasteiger partial charge in [-0.05, 0) is 61.4 Å². The Morgan fingerprint density at radius 1 is 1.08 bits per heavy atom. The van der Waals surface area contributed by atoms with Crippen LogP contribution >= 0.6 is 23.4 Å². The molecule has 2 amide bonds. The van der Waals surface area contributed by atoms with Gasteiger partial charge in [0.25, 0.3) is 0 Å². The number of amidine groups is 1. The lowest BCUT2D eigenvalue weighted by molar-refractivity contribution is -0.128. The maximum absolute atomic E-state index is 13.4. The SMILES string of the molecule is CCOC(=O)c1ccc(N=C2SC(CC(=O)Nc3ccc(C)c(Cl)c3)C(=O)N2Cc2ccccc2)cc1. The third kappa shape index (κ3) is 6.78. The zero-order valence-electron chi connectivity index (χ0n) is 20.4. The summed E-state index contributed by atoms with van der Waals surface area (Å²) < 4.78 is 5.03. The number of benzene rings is 3. The topological polar surface area (TPSA) is 88.1 Å². The molecule has 0 aliphatic carbocycles. The van der Waals surface area contributed by atoms with E-state index in [1.165, 1.54) is 11.8 Å². The molecular weight excluding hydrogens is 510 g/mol. The predicted octanol–water partition coefficient (Wildman–Crippen LogP) is 5.99. The van der Waals surface area contributed by atoms with Crippen LogP contribution in [-0.4, -0.2) is 39.7 Å². The number of thioether (sulfide) groups is 1. The molecule has 9 heteroatoms. The predicted molar refractivity (Wildman–Crippen MR) is 147 cm³/mol. The van der Waals surface area contributed by atoms with E-state index in [1.54, 1.807) is 48.2 Å². The maximum Gasteiger partial charge on any atom is 0.338 e. The number of halogens is 1. The number of ether oxygens (including phenoxy) is 1. The molecule has 3 aromatic carbocycles. The second kappa shape index (κ2) is 12.1. The minimum absolute atomic E-state index is 0.0128. The number of aliphatic imine (C=N–C) groups is 1. The number of hydrogen-bond acceptors (Lipinski definition) is 6. The van der Waals surface area contributed by atoms with E-state index in [2.05, 4.69) is 10.3 Å². The Morgan fingerprint density at radius 2 is 1.81 bits per heavy atom. The fourth-order valence-corrected chi connectivity index (χ4v) is 5.02. The lowest BCUT2D eigenvalue weighted by Crippen LogP contribution is -2.33. The average molecular weight is 536 g/mol. The van der Waals surface area contributed by atoms with Crippen molar-refractivity contribution in [2.75, 3.05) is 11.9 Å². The van der Waals surface area contributed by atoms with Crippen LogP contribution in [-0.2, 0) is 20.9 Å². The number of aryl methyl sites for hydroxylation is 1. The fraction of sp³-hybridized carbons (Fsp3) is 0.214. The van der Waals surface area contributed by atoms with Gasteiger partial charge >= 0.3 is 5.97 Å². The first-order chi connectivity index (χ1) is 17.8. The van der Waals surface area contributed by atoms with Crippen LogP contribution < -0.4 is 5.32 Å². The summed E-state index contributed by atoms with van der Waals surface area (Å²) in [5.74, 6) is -0.878. The smallest absolute Gasteiger partial charge is 0.338 e. The summed E-state index contributed by atoms with van der Waals surface area (Å²) in [6.45, 7) is 4.26. The lowest BCUT2D eigenvalue weighted by Gasteiger charge is -2.16. The largest absolute Gasteiger partial charge is 0.462 e. The van der Waals surface area contributed by atoms with Crippen molar-refractivity contribution in [3.05, 3.63) is 94.5 Å². The molecule has 3 aromatic rings. The highest BCUT2D eigenvalue weighted by Gasteiger charge is 2.39. The summed E-state index contributed by atoms with van der Waals surface area (Å²) in [4.78, 5) is 44.4. The molecule has 1 aliphatic rings. The number of hydrogen-bond donors (Lipinski definition) is 1. The van der Waals surface area contributed by atoms with Crippen molar-refractivity contribution >= 4 is 57.7 Å². The number of anilines is 1. The van der Waals surface area contributed by atoms with Gasteiger partial charge in [0.15, 0.2) is 5.17 Å². The van der Waals surface area contributed by atoms with E-state index in [0.29, 0.717) is 40.3 Å². The van der Waals surface area contributed by atoms with E-state index in [0.717, 1.165) is 11.1 Å². The molecule has 1 unspecified atom stereocenters. The van der Waals surface area contributed by atoms with Crippen LogP contribution in [0.3, 0.4) is 0 Å². The van der Waals surface area contributed by atoms with Crippen LogP contribution in [0, 0.1) is 6.92 Å². The molecule has 1 saturated heterocycles. The summed E-state index contributed by atoms with van der Waals surface area (Å²) in [5.41, 5.74) is 3.44. The van der Waals surface area contributed by atoms with Crippen molar-refractivity contribution in [2.24, 2.45) is 4.99 Å². The van der Waals surface area contributed by atoms with Gasteiger partial charge in [0.2, 0.25) is 11.8 Å². The quantitative estimate of drug-likeness (QED) is 0.358. The molecule has 0 saturated carbocycles. The van der Waals surface area contributed by atoms with Gasteiger partial charge in [-0.2, -0.15) is 0 Å². The van der Waals surface area contributed by atoms with Crippen LogP contribution in [0.15, 0.2) is 77.8 Å². The molecule has 0 aromatic heterocycles. The molecule has 37 heavy (non-hydrogen) atoms. The minimum Gasteiger partial charge on any atom is -0.462 e. The first kappa shape index (κ1) is 26.4. The molecule has 0 radical (unpaired) electrons. The van der Waals surface area contributed by atoms with Gasteiger partial charge in [-0.15, -0.1) is 0 Å². The van der Waals surface area contributed by atoms with Crippen LogP contribution in [0.1, 0.15) is 34.8 Å². The lowest BCUT2D eigenvalue weighted by atomic mass is 10.2. The number of carbonyl (C=O) groups is 3. The highest BCUT2D eigenvalue weighted by Crippen LogP contribution is 2.33. The number of nitrogens with zero attached hydrogens (tertiary/aromatic N) is 2. The van der Waals surface area contributed by atoms with Crippen molar-refractivity contribution in [1.29, 1.82) is 0 Å². The molecule has 1 fully saturated rings. The summed E-state index contributed by atoms with van der Waals surface area (Å²) >= 11 is 7.42. The Labute approximate surface area is 224 Å². The number of amides is 2. The Bertz CT molecular complexity index is 1330. The third-order valence-electron chi connectivity index (χ3n) is 5.63. The van der Waals surface area contributed by atoms with Crippen LogP contribution in [0.25, 0.3) is 0 Å². The van der Waals surface area contributed by atoms with E-state index in [4.69, 9.17) is 16.3 Å². The van der Waals surface area contributed by atoms with Crippen molar-refractivity contribution in [3.63, 3.8) is 0 Å². The third-order valence-corrected chi connectivity index (χ3v) is 7.22. The van der Waals surface area contributed by atoms with Gasteiger partial charge < -0.3 is 10.1 Å². The first-order valence-electron chi connectivity index (χ1n) is 11.8. The Morgan fingerprint density at radius 3 is 2.49 bits per heavy atom. The Hall–Kier alpha value is -3.62. The van der Waals surface area contributed by atoms with Crippen LogP contribution in [0.4, 0.5) is 11.4 Å². The molecule has 1 aliphatic heterocycles. The van der Waals surface area contributed by atoms with Crippen LogP contribution in [0.2, 0.25) is 5.02 Å². The van der Waals surface area contributed by atoms with Gasteiger partial charge in [0.1, 0.15) is 5.25 Å². The zero-order chi connectivity index (χ0) is 26.4. The van der Waals surface area contributed by atoms with Crippen LogP contribution in [0.5, 0.6) is 0 Å². The number of nitrogens with one attached hydrogen (secondary N) is 1. The molecule has 0 spiro atoms. The molecule has 1 atom stereocenters. The van der Waals surface area contributed by atoms with E-state index in [1.807, 2.05) is 43.3 Å². The van der Waals surface area contributed by atoms with Crippen molar-refractivity contribution < 1.29 is 19.1 Å². The van der Waals surface area contributed by atoms with Gasteiger partial charge in [0, 0.05) is 17.1 Å². The van der Waals surface area contributed by atoms with E-state index < -0.39 is 11.2 Å².